The van der Waals surface area contributed by atoms with Crippen LogP contribution < -0.4 is 5.73 Å². The third kappa shape index (κ3) is 6.83. The second-order valence-corrected chi connectivity index (χ2v) is 11.4. The van der Waals surface area contributed by atoms with Gasteiger partial charge >= 0.3 is 5.97 Å². The van der Waals surface area contributed by atoms with Crippen molar-refractivity contribution in [3.63, 3.8) is 0 Å². The fourth-order valence-electron chi connectivity index (χ4n) is 1.57. The number of rotatable bonds is 8. The predicted molar refractivity (Wildman–Crippen MR) is 83.0 cm³/mol. The zero-order valence-corrected chi connectivity index (χ0v) is 14.7. The van der Waals surface area contributed by atoms with Gasteiger partial charge in [-0.1, -0.05) is 20.8 Å². The zero-order valence-electron chi connectivity index (χ0n) is 13.7. The van der Waals surface area contributed by atoms with Crippen LogP contribution in [-0.4, -0.2) is 44.8 Å². The summed E-state index contributed by atoms with van der Waals surface area (Å²) in [5, 5.41) is 9.78. The van der Waals surface area contributed by atoms with Gasteiger partial charge in [0.25, 0.3) is 0 Å². The van der Waals surface area contributed by atoms with Crippen LogP contribution in [0, 0.1) is 0 Å². The van der Waals surface area contributed by atoms with E-state index in [9.17, 15) is 9.90 Å². The van der Waals surface area contributed by atoms with Gasteiger partial charge in [0.2, 0.25) is 0 Å². The Kier molecular flexibility index (Phi) is 7.94. The third-order valence-electron chi connectivity index (χ3n) is 3.77. The molecular weight excluding hydrogens is 274 g/mol. The zero-order chi connectivity index (χ0) is 16.0. The molecule has 1 unspecified atom stereocenters. The number of hydrogen-bond acceptors (Lipinski definition) is 5. The van der Waals surface area contributed by atoms with Gasteiger partial charge in [0, 0.05) is 13.0 Å². The Morgan fingerprint density at radius 3 is 2.30 bits per heavy atom. The summed E-state index contributed by atoms with van der Waals surface area (Å²) in [6.45, 7) is 13.0. The highest BCUT2D eigenvalue weighted by molar-refractivity contribution is 6.74. The molecule has 120 valence electrons. The molecular formula is C14H31NO4Si. The standard InChI is InChI=1S/C14H31NO4Si/c1-7-18-13(17)9-12(8-11(16)10-15)19-20(5,6)14(2,3)4/h11-12,16H,7-10,15H2,1-6H3/t11?,12-/m1/s1. The number of ether oxygens (including phenoxy) is 1. The number of carbonyl (C=O) groups is 1. The van der Waals surface area contributed by atoms with Crippen LogP contribution in [0.2, 0.25) is 18.1 Å². The molecule has 0 bridgehead atoms. The second-order valence-electron chi connectivity index (χ2n) is 6.63. The normalized spacial score (nSPS) is 15.8. The molecule has 0 aliphatic heterocycles. The highest BCUT2D eigenvalue weighted by atomic mass is 28.4. The number of aliphatic hydroxyl groups excluding tert-OH is 1. The molecule has 0 rings (SSSR count). The van der Waals surface area contributed by atoms with Crippen molar-refractivity contribution >= 4 is 14.3 Å². The molecule has 0 saturated carbocycles. The van der Waals surface area contributed by atoms with Crippen molar-refractivity contribution in [3.8, 4) is 0 Å². The molecule has 0 aliphatic rings. The van der Waals surface area contributed by atoms with Crippen molar-refractivity contribution in [2.24, 2.45) is 5.73 Å². The smallest absolute Gasteiger partial charge is 0.308 e. The van der Waals surface area contributed by atoms with Crippen LogP contribution in [0.15, 0.2) is 0 Å². The first kappa shape index (κ1) is 19.6. The molecule has 0 radical (unpaired) electrons. The van der Waals surface area contributed by atoms with E-state index in [1.807, 2.05) is 0 Å². The Morgan fingerprint density at radius 1 is 1.35 bits per heavy atom. The van der Waals surface area contributed by atoms with Crippen molar-refractivity contribution in [1.29, 1.82) is 0 Å². The van der Waals surface area contributed by atoms with Gasteiger partial charge in [-0.25, -0.2) is 0 Å². The summed E-state index contributed by atoms with van der Waals surface area (Å²) < 4.78 is 11.2. The fraction of sp³-hybridized carbons (Fsp3) is 0.929. The van der Waals surface area contributed by atoms with Gasteiger partial charge in [-0.2, -0.15) is 0 Å². The lowest BCUT2D eigenvalue weighted by Crippen LogP contribution is -2.45. The van der Waals surface area contributed by atoms with Crippen LogP contribution in [0.25, 0.3) is 0 Å². The molecule has 0 amide bonds. The third-order valence-corrected chi connectivity index (χ3v) is 8.31. The molecule has 2 atom stereocenters. The number of hydrogen-bond donors (Lipinski definition) is 2. The van der Waals surface area contributed by atoms with Crippen molar-refractivity contribution in [1.82, 2.24) is 0 Å². The number of nitrogens with two attached hydrogens (primary N) is 1. The lowest BCUT2D eigenvalue weighted by atomic mass is 10.1. The van der Waals surface area contributed by atoms with E-state index in [-0.39, 0.29) is 30.1 Å². The number of aliphatic hydroxyl groups is 1. The van der Waals surface area contributed by atoms with Gasteiger partial charge in [-0.05, 0) is 25.1 Å². The lowest BCUT2D eigenvalue weighted by Gasteiger charge is -2.39. The Hall–Kier alpha value is -0.433. The minimum Gasteiger partial charge on any atom is -0.466 e. The van der Waals surface area contributed by atoms with Gasteiger partial charge in [0.15, 0.2) is 8.32 Å². The van der Waals surface area contributed by atoms with Crippen LogP contribution in [0.4, 0.5) is 0 Å². The first-order valence-electron chi connectivity index (χ1n) is 7.25. The maximum absolute atomic E-state index is 11.7. The first-order valence-corrected chi connectivity index (χ1v) is 10.2. The summed E-state index contributed by atoms with van der Waals surface area (Å²) in [5.41, 5.74) is 5.45. The van der Waals surface area contributed by atoms with E-state index in [1.54, 1.807) is 6.92 Å². The molecule has 3 N–H and O–H groups in total. The van der Waals surface area contributed by atoms with Gasteiger partial charge in [0.05, 0.1) is 25.2 Å². The summed E-state index contributed by atoms with van der Waals surface area (Å²) in [6, 6.07) is 0. The number of esters is 1. The van der Waals surface area contributed by atoms with E-state index in [2.05, 4.69) is 33.9 Å². The van der Waals surface area contributed by atoms with Gasteiger partial charge in [-0.3, -0.25) is 4.79 Å². The van der Waals surface area contributed by atoms with Crippen molar-refractivity contribution < 1.29 is 19.1 Å². The van der Waals surface area contributed by atoms with Crippen LogP contribution >= 0.6 is 0 Å². The summed E-state index contributed by atoms with van der Waals surface area (Å²) in [5.74, 6) is -0.291. The summed E-state index contributed by atoms with van der Waals surface area (Å²) >= 11 is 0. The topological polar surface area (TPSA) is 81.8 Å². The minimum atomic E-state index is -2.00. The van der Waals surface area contributed by atoms with E-state index in [0.29, 0.717) is 13.0 Å². The van der Waals surface area contributed by atoms with E-state index < -0.39 is 14.4 Å². The van der Waals surface area contributed by atoms with E-state index >= 15 is 0 Å². The highest BCUT2D eigenvalue weighted by Gasteiger charge is 2.39. The van der Waals surface area contributed by atoms with E-state index in [1.165, 1.54) is 0 Å². The lowest BCUT2D eigenvalue weighted by molar-refractivity contribution is -0.145. The molecule has 0 aromatic carbocycles. The predicted octanol–water partition coefficient (Wildman–Crippen LogP) is 2.04. The quantitative estimate of drug-likeness (QED) is 0.530. The minimum absolute atomic E-state index is 0.0492. The van der Waals surface area contributed by atoms with Crippen molar-refractivity contribution in [3.05, 3.63) is 0 Å². The molecule has 0 aromatic heterocycles. The monoisotopic (exact) mass is 305 g/mol. The highest BCUT2D eigenvalue weighted by Crippen LogP contribution is 2.38. The Balaban J connectivity index is 4.80. The molecule has 5 nitrogen and oxygen atoms in total. The summed E-state index contributed by atoms with van der Waals surface area (Å²) in [7, 11) is -2.00. The second kappa shape index (κ2) is 8.12. The van der Waals surface area contributed by atoms with Crippen LogP contribution in [0.1, 0.15) is 40.5 Å². The SMILES string of the molecule is CCOC(=O)C[C@@H](CC(O)CN)O[Si](C)(C)C(C)(C)C. The Labute approximate surface area is 124 Å². The van der Waals surface area contributed by atoms with Crippen molar-refractivity contribution in [2.45, 2.75) is 70.9 Å². The molecule has 20 heavy (non-hydrogen) atoms. The Morgan fingerprint density at radius 2 is 1.90 bits per heavy atom. The van der Waals surface area contributed by atoms with Crippen LogP contribution in [0.3, 0.4) is 0 Å². The Bertz CT molecular complexity index is 302. The van der Waals surface area contributed by atoms with E-state index in [4.69, 9.17) is 14.9 Å². The van der Waals surface area contributed by atoms with E-state index in [0.717, 1.165) is 0 Å². The molecule has 0 fully saturated rings. The summed E-state index contributed by atoms with van der Waals surface area (Å²) in [4.78, 5) is 11.7. The maximum Gasteiger partial charge on any atom is 0.308 e. The van der Waals surface area contributed by atoms with Crippen molar-refractivity contribution in [2.75, 3.05) is 13.2 Å². The molecule has 6 heteroatoms. The molecule has 0 aromatic rings. The maximum atomic E-state index is 11.7. The fourth-order valence-corrected chi connectivity index (χ4v) is 2.94. The molecule has 0 aliphatic carbocycles. The molecule has 0 saturated heterocycles. The average molecular weight is 305 g/mol. The van der Waals surface area contributed by atoms with Crippen LogP contribution in [0.5, 0.6) is 0 Å². The van der Waals surface area contributed by atoms with Crippen LogP contribution in [-0.2, 0) is 14.0 Å². The van der Waals surface area contributed by atoms with Gasteiger partial charge in [0.1, 0.15) is 0 Å². The number of carbonyl (C=O) groups excluding carboxylic acids is 1. The van der Waals surface area contributed by atoms with Gasteiger partial charge in [-0.15, -0.1) is 0 Å². The summed E-state index contributed by atoms with van der Waals surface area (Å²) in [6.07, 6.45) is -0.466. The molecule has 0 spiro atoms. The first-order chi connectivity index (χ1) is 9.03. The largest absolute Gasteiger partial charge is 0.466 e. The molecule has 0 heterocycles. The average Bonchev–Trinajstić information content (AvgIpc) is 2.26. The van der Waals surface area contributed by atoms with Gasteiger partial charge < -0.3 is 20.0 Å².